The highest BCUT2D eigenvalue weighted by Gasteiger charge is 2.32. The topological polar surface area (TPSA) is 198 Å². The van der Waals surface area contributed by atoms with Crippen LogP contribution < -0.4 is 21.7 Å². The largest absolute Gasteiger partial charge is 0.370 e. The third-order valence-corrected chi connectivity index (χ3v) is 9.87. The number of likely N-dealkylation sites (tertiary alicyclic amines) is 1. The van der Waals surface area contributed by atoms with Crippen molar-refractivity contribution >= 4 is 56.9 Å². The van der Waals surface area contributed by atoms with Crippen molar-refractivity contribution in [1.29, 1.82) is 5.41 Å². The summed E-state index contributed by atoms with van der Waals surface area (Å²) in [5.74, 6) is -3.93. The Bertz CT molecular complexity index is 1960. The quantitative estimate of drug-likeness (QED) is 0.0994. The molecule has 2 atom stereocenters. The van der Waals surface area contributed by atoms with E-state index in [1.807, 2.05) is 12.1 Å². The van der Waals surface area contributed by atoms with Crippen molar-refractivity contribution in [2.75, 3.05) is 19.6 Å². The molecule has 5 rings (SSSR count). The Morgan fingerprint density at radius 2 is 1.67 bits per heavy atom. The zero-order valence-electron chi connectivity index (χ0n) is 26.1. The standard InChI is InChI=1S/C34H36N6O6S.ClH/c1-21-27(25-12-7-17-40(20-25)34(36)37)15-16-28(33(43)46-39-32(42)23-9-3-2-4-10-23)30(21)29(31(35)41)19-38-47(44,45)26-14-13-22-8-5-6-11-24(22)18-26;/h2-6,8-11,13-16,18,25,29,38H,7,12,17,19-20H2,1H3,(H2,35,41)(H3,36,37)(H,39,42);1H. The molecule has 48 heavy (non-hydrogen) atoms. The number of nitrogens with one attached hydrogen (secondary N) is 3. The normalized spacial score (nSPS) is 15.2. The van der Waals surface area contributed by atoms with Crippen LogP contribution in [0.15, 0.2) is 89.8 Å². The zero-order valence-corrected chi connectivity index (χ0v) is 27.8. The molecule has 14 heteroatoms. The summed E-state index contributed by atoms with van der Waals surface area (Å²) >= 11 is 0. The van der Waals surface area contributed by atoms with Crippen LogP contribution in [0.25, 0.3) is 10.8 Å². The number of amides is 2. The highest BCUT2D eigenvalue weighted by molar-refractivity contribution is 7.89. The Balaban J connectivity index is 0.00000520. The molecule has 252 valence electrons. The number of benzene rings is 4. The van der Waals surface area contributed by atoms with Gasteiger partial charge in [0.05, 0.1) is 16.4 Å². The van der Waals surface area contributed by atoms with Gasteiger partial charge in [-0.2, -0.15) is 5.48 Å². The molecular weight excluding hydrogens is 656 g/mol. The molecule has 2 amide bonds. The molecule has 4 aromatic rings. The smallest absolute Gasteiger partial charge is 0.363 e. The SMILES string of the molecule is Cc1c(C2CCCN(C(=N)N)C2)ccc(C(=O)ONC(=O)c2ccccc2)c1C(CNS(=O)(=O)c1ccc2ccccc2c1)C(N)=O.Cl. The van der Waals surface area contributed by atoms with Crippen LogP contribution in [0.3, 0.4) is 0 Å². The number of carbonyl (C=O) groups excluding carboxylic acids is 3. The maximum Gasteiger partial charge on any atom is 0.363 e. The second-order valence-corrected chi connectivity index (χ2v) is 13.2. The third-order valence-electron chi connectivity index (χ3n) is 8.45. The van der Waals surface area contributed by atoms with Crippen LogP contribution in [0.4, 0.5) is 0 Å². The maximum atomic E-state index is 13.5. The van der Waals surface area contributed by atoms with E-state index in [4.69, 9.17) is 21.7 Å². The molecule has 0 aliphatic carbocycles. The second-order valence-electron chi connectivity index (χ2n) is 11.4. The van der Waals surface area contributed by atoms with Crippen molar-refractivity contribution in [3.8, 4) is 0 Å². The highest BCUT2D eigenvalue weighted by atomic mass is 35.5. The van der Waals surface area contributed by atoms with Gasteiger partial charge in [-0.15, -0.1) is 12.4 Å². The first-order valence-electron chi connectivity index (χ1n) is 15.0. The summed E-state index contributed by atoms with van der Waals surface area (Å²) in [5.41, 5.74) is 15.5. The lowest BCUT2D eigenvalue weighted by Crippen LogP contribution is -2.43. The lowest BCUT2D eigenvalue weighted by molar-refractivity contribution is -0.119. The van der Waals surface area contributed by atoms with E-state index in [-0.39, 0.29) is 45.9 Å². The highest BCUT2D eigenvalue weighted by Crippen LogP contribution is 2.35. The summed E-state index contributed by atoms with van der Waals surface area (Å²) in [4.78, 5) is 46.0. The number of hydrogen-bond acceptors (Lipinski definition) is 7. The number of fused-ring (bicyclic) bond motifs is 1. The minimum Gasteiger partial charge on any atom is -0.370 e. The summed E-state index contributed by atoms with van der Waals surface area (Å²) in [6.45, 7) is 2.35. The van der Waals surface area contributed by atoms with E-state index in [1.165, 1.54) is 18.2 Å². The summed E-state index contributed by atoms with van der Waals surface area (Å²) in [6.07, 6.45) is 1.52. The number of hydrogen-bond donors (Lipinski definition) is 5. The van der Waals surface area contributed by atoms with E-state index in [0.717, 1.165) is 29.2 Å². The van der Waals surface area contributed by atoms with Crippen molar-refractivity contribution in [3.63, 3.8) is 0 Å². The molecule has 12 nitrogen and oxygen atoms in total. The predicted molar refractivity (Wildman–Crippen MR) is 184 cm³/mol. The Morgan fingerprint density at radius 1 is 0.979 bits per heavy atom. The molecule has 1 aliphatic rings. The molecule has 0 radical (unpaired) electrons. The lowest BCUT2D eigenvalue weighted by atomic mass is 9.81. The summed E-state index contributed by atoms with van der Waals surface area (Å²) in [5, 5.41) is 9.49. The van der Waals surface area contributed by atoms with Crippen LogP contribution in [0.5, 0.6) is 0 Å². The molecule has 7 N–H and O–H groups in total. The average molecular weight is 693 g/mol. The van der Waals surface area contributed by atoms with Gasteiger partial charge in [0.1, 0.15) is 0 Å². The number of hydroxylamine groups is 1. The molecular formula is C34H37ClN6O6S. The monoisotopic (exact) mass is 692 g/mol. The van der Waals surface area contributed by atoms with Crippen LogP contribution in [-0.4, -0.2) is 56.7 Å². The van der Waals surface area contributed by atoms with Crippen LogP contribution in [0.2, 0.25) is 0 Å². The van der Waals surface area contributed by atoms with Gasteiger partial charge in [0.25, 0.3) is 5.91 Å². The van der Waals surface area contributed by atoms with Gasteiger partial charge < -0.3 is 21.2 Å². The van der Waals surface area contributed by atoms with E-state index >= 15 is 0 Å². The maximum absolute atomic E-state index is 13.5. The molecule has 0 aromatic heterocycles. The average Bonchev–Trinajstić information content (AvgIpc) is 3.07. The molecule has 4 aromatic carbocycles. The number of sulfonamides is 1. The van der Waals surface area contributed by atoms with E-state index in [2.05, 4.69) is 10.2 Å². The van der Waals surface area contributed by atoms with E-state index in [9.17, 15) is 22.8 Å². The van der Waals surface area contributed by atoms with Gasteiger partial charge in [-0.05, 0) is 77.6 Å². The molecule has 1 saturated heterocycles. The molecule has 1 fully saturated rings. The van der Waals surface area contributed by atoms with Crippen molar-refractivity contribution in [3.05, 3.63) is 113 Å². The Morgan fingerprint density at radius 3 is 2.35 bits per heavy atom. The first-order chi connectivity index (χ1) is 22.5. The Hall–Kier alpha value is -4.98. The Kier molecular flexibility index (Phi) is 11.4. The fourth-order valence-electron chi connectivity index (χ4n) is 6.02. The van der Waals surface area contributed by atoms with Gasteiger partial charge >= 0.3 is 5.97 Å². The van der Waals surface area contributed by atoms with Gasteiger partial charge in [-0.25, -0.2) is 17.9 Å². The first-order valence-corrected chi connectivity index (χ1v) is 16.5. The van der Waals surface area contributed by atoms with Crippen molar-refractivity contribution in [1.82, 2.24) is 15.1 Å². The fourth-order valence-corrected chi connectivity index (χ4v) is 7.10. The Labute approximate surface area is 284 Å². The van der Waals surface area contributed by atoms with E-state index in [1.54, 1.807) is 66.4 Å². The van der Waals surface area contributed by atoms with Gasteiger partial charge in [-0.1, -0.05) is 54.6 Å². The summed E-state index contributed by atoms with van der Waals surface area (Å²) in [7, 11) is -4.11. The number of piperidine rings is 1. The van der Waals surface area contributed by atoms with Gasteiger partial charge in [0, 0.05) is 31.1 Å². The molecule has 2 unspecified atom stereocenters. The van der Waals surface area contributed by atoms with Crippen molar-refractivity contribution in [2.45, 2.75) is 36.5 Å². The van der Waals surface area contributed by atoms with E-state index < -0.39 is 40.3 Å². The van der Waals surface area contributed by atoms with Crippen LogP contribution >= 0.6 is 12.4 Å². The number of primary amides is 1. The molecule has 1 heterocycles. The number of nitrogens with zero attached hydrogens (tertiary/aromatic N) is 1. The second kappa shape index (κ2) is 15.3. The minimum atomic E-state index is -4.11. The predicted octanol–water partition coefficient (Wildman–Crippen LogP) is 3.69. The molecule has 1 aliphatic heterocycles. The number of rotatable bonds is 9. The summed E-state index contributed by atoms with van der Waals surface area (Å²) < 4.78 is 29.4. The number of nitrogens with two attached hydrogens (primary N) is 2. The third kappa shape index (κ3) is 7.93. The van der Waals surface area contributed by atoms with E-state index in [0.29, 0.717) is 18.7 Å². The van der Waals surface area contributed by atoms with Gasteiger partial charge in [-0.3, -0.25) is 15.0 Å². The van der Waals surface area contributed by atoms with Gasteiger partial charge in [0.2, 0.25) is 15.9 Å². The first kappa shape index (κ1) is 35.9. The number of guanidine groups is 1. The summed E-state index contributed by atoms with van der Waals surface area (Å²) in [6, 6.07) is 23.4. The van der Waals surface area contributed by atoms with Crippen LogP contribution in [-0.2, 0) is 19.7 Å². The van der Waals surface area contributed by atoms with Gasteiger partial charge in [0.15, 0.2) is 5.96 Å². The fraction of sp³-hybridized carbons (Fsp3) is 0.235. The zero-order chi connectivity index (χ0) is 33.7. The number of carbonyl (C=O) groups is 3. The minimum absolute atomic E-state index is 0. The van der Waals surface area contributed by atoms with Crippen molar-refractivity contribution in [2.24, 2.45) is 11.5 Å². The molecule has 0 bridgehead atoms. The number of halogens is 1. The van der Waals surface area contributed by atoms with Crippen molar-refractivity contribution < 1.29 is 27.6 Å². The molecule has 0 saturated carbocycles. The molecule has 0 spiro atoms. The van der Waals surface area contributed by atoms with Crippen LogP contribution in [0, 0.1) is 12.3 Å². The lowest BCUT2D eigenvalue weighted by Gasteiger charge is -2.34. The van der Waals surface area contributed by atoms with Crippen LogP contribution in [0.1, 0.15) is 62.1 Å².